The Morgan fingerprint density at radius 1 is 0.714 bits per heavy atom. The van der Waals surface area contributed by atoms with E-state index in [1.54, 1.807) is 0 Å². The molecule has 2 heterocycles. The molecule has 0 bridgehead atoms. The topological polar surface area (TPSA) is 74.8 Å². The summed E-state index contributed by atoms with van der Waals surface area (Å²) in [5, 5.41) is 0. The maximum absolute atomic E-state index is 11.7. The van der Waals surface area contributed by atoms with Crippen LogP contribution in [0.15, 0.2) is 0 Å². The molecule has 0 unspecified atom stereocenters. The van der Waals surface area contributed by atoms with Crippen LogP contribution in [0.4, 0.5) is 0 Å². The van der Waals surface area contributed by atoms with Crippen LogP contribution < -0.4 is 0 Å². The van der Waals surface area contributed by atoms with Gasteiger partial charge in [-0.05, 0) is 31.6 Å². The van der Waals surface area contributed by atoms with Gasteiger partial charge in [0.15, 0.2) is 0 Å². The summed E-state index contributed by atoms with van der Waals surface area (Å²) in [7, 11) is 0. The van der Waals surface area contributed by atoms with E-state index in [-0.39, 0.29) is 29.7 Å². The van der Waals surface area contributed by atoms with E-state index in [0.717, 1.165) is 25.7 Å². The van der Waals surface area contributed by atoms with Crippen LogP contribution >= 0.6 is 0 Å². The van der Waals surface area contributed by atoms with Gasteiger partial charge in [0.2, 0.25) is 23.6 Å². The van der Waals surface area contributed by atoms with E-state index in [1.807, 2.05) is 0 Å². The SMILES string of the molecule is O=C1CCC(=O)N1CC1CCC(N2C(=O)CCC2=O)CC1. The number of likely N-dealkylation sites (tertiary alicyclic amines) is 2. The van der Waals surface area contributed by atoms with E-state index < -0.39 is 0 Å². The molecule has 0 aromatic rings. The van der Waals surface area contributed by atoms with Gasteiger partial charge in [0, 0.05) is 38.3 Å². The lowest BCUT2D eigenvalue weighted by atomic mass is 9.85. The number of hydrogen-bond donors (Lipinski definition) is 0. The monoisotopic (exact) mass is 292 g/mol. The van der Waals surface area contributed by atoms with Crippen LogP contribution in [-0.2, 0) is 19.2 Å². The van der Waals surface area contributed by atoms with Crippen molar-refractivity contribution in [3.63, 3.8) is 0 Å². The molecule has 3 aliphatic rings. The minimum atomic E-state index is -0.0629. The van der Waals surface area contributed by atoms with E-state index in [4.69, 9.17) is 0 Å². The molecule has 2 saturated heterocycles. The average molecular weight is 292 g/mol. The smallest absolute Gasteiger partial charge is 0.229 e. The van der Waals surface area contributed by atoms with Gasteiger partial charge in [-0.1, -0.05) is 0 Å². The summed E-state index contributed by atoms with van der Waals surface area (Å²) in [6.45, 7) is 0.506. The van der Waals surface area contributed by atoms with Crippen molar-refractivity contribution in [2.24, 2.45) is 5.92 Å². The molecule has 6 heteroatoms. The Kier molecular flexibility index (Phi) is 3.78. The molecule has 0 N–H and O–H groups in total. The summed E-state index contributed by atoms with van der Waals surface area (Å²) in [4.78, 5) is 49.6. The van der Waals surface area contributed by atoms with Gasteiger partial charge in [0.05, 0.1) is 0 Å². The van der Waals surface area contributed by atoms with Crippen molar-refractivity contribution >= 4 is 23.6 Å². The number of hydrogen-bond acceptors (Lipinski definition) is 4. The predicted molar refractivity (Wildman–Crippen MR) is 72.8 cm³/mol. The Bertz CT molecular complexity index is 462. The molecule has 2 aliphatic heterocycles. The Morgan fingerprint density at radius 2 is 1.19 bits per heavy atom. The highest BCUT2D eigenvalue weighted by molar-refractivity contribution is 6.02. The van der Waals surface area contributed by atoms with Gasteiger partial charge in [0.25, 0.3) is 0 Å². The first-order valence-corrected chi connectivity index (χ1v) is 7.74. The second-order valence-corrected chi connectivity index (χ2v) is 6.23. The molecule has 0 radical (unpaired) electrons. The largest absolute Gasteiger partial charge is 0.282 e. The van der Waals surface area contributed by atoms with Gasteiger partial charge >= 0.3 is 0 Å². The van der Waals surface area contributed by atoms with E-state index in [9.17, 15) is 19.2 Å². The maximum atomic E-state index is 11.7. The van der Waals surface area contributed by atoms with Crippen molar-refractivity contribution in [3.8, 4) is 0 Å². The molecule has 0 aromatic heterocycles. The van der Waals surface area contributed by atoms with Gasteiger partial charge < -0.3 is 0 Å². The summed E-state index contributed by atoms with van der Waals surface area (Å²) in [5.41, 5.74) is 0. The van der Waals surface area contributed by atoms with Gasteiger partial charge in [-0.3, -0.25) is 29.0 Å². The third-order valence-electron chi connectivity index (χ3n) is 4.87. The van der Waals surface area contributed by atoms with Crippen molar-refractivity contribution < 1.29 is 19.2 Å². The molecule has 0 spiro atoms. The number of rotatable bonds is 3. The number of carbonyl (C=O) groups is 4. The lowest BCUT2D eigenvalue weighted by Gasteiger charge is -2.34. The normalized spacial score (nSPS) is 30.7. The van der Waals surface area contributed by atoms with Crippen molar-refractivity contribution in [1.29, 1.82) is 0 Å². The predicted octanol–water partition coefficient (Wildman–Crippen LogP) is 0.843. The van der Waals surface area contributed by atoms with E-state index in [1.165, 1.54) is 9.80 Å². The Labute approximate surface area is 123 Å². The van der Waals surface area contributed by atoms with E-state index >= 15 is 0 Å². The fraction of sp³-hybridized carbons (Fsp3) is 0.733. The van der Waals surface area contributed by atoms with Gasteiger partial charge in [0.1, 0.15) is 0 Å². The summed E-state index contributed by atoms with van der Waals surface area (Å²) < 4.78 is 0. The standard InChI is InChI=1S/C15H20N2O4/c18-12-5-6-13(19)16(12)9-10-1-3-11(4-2-10)17-14(20)7-8-15(17)21/h10-11H,1-9H2. The first-order valence-electron chi connectivity index (χ1n) is 7.74. The zero-order valence-electron chi connectivity index (χ0n) is 12.0. The molecule has 3 fully saturated rings. The Morgan fingerprint density at radius 3 is 1.71 bits per heavy atom. The van der Waals surface area contributed by atoms with Crippen LogP contribution in [-0.4, -0.2) is 46.0 Å². The molecule has 1 saturated carbocycles. The summed E-state index contributed by atoms with van der Waals surface area (Å²) in [6, 6.07) is 0.0220. The second-order valence-electron chi connectivity index (χ2n) is 6.23. The van der Waals surface area contributed by atoms with E-state index in [2.05, 4.69) is 0 Å². The molecular formula is C15H20N2O4. The molecule has 21 heavy (non-hydrogen) atoms. The van der Waals surface area contributed by atoms with Crippen molar-refractivity contribution in [3.05, 3.63) is 0 Å². The Balaban J connectivity index is 1.53. The van der Waals surface area contributed by atoms with Crippen molar-refractivity contribution in [1.82, 2.24) is 9.80 Å². The van der Waals surface area contributed by atoms with Crippen LogP contribution in [0.5, 0.6) is 0 Å². The highest BCUT2D eigenvalue weighted by Crippen LogP contribution is 2.31. The molecule has 4 amide bonds. The van der Waals surface area contributed by atoms with Crippen molar-refractivity contribution in [2.45, 2.75) is 57.4 Å². The average Bonchev–Trinajstić information content (AvgIpc) is 2.96. The Hall–Kier alpha value is -1.72. The highest BCUT2D eigenvalue weighted by Gasteiger charge is 2.38. The number of imide groups is 2. The third-order valence-corrected chi connectivity index (χ3v) is 4.87. The van der Waals surface area contributed by atoms with E-state index in [0.29, 0.717) is 38.1 Å². The lowest BCUT2D eigenvalue weighted by Crippen LogP contribution is -2.43. The highest BCUT2D eigenvalue weighted by atomic mass is 16.2. The zero-order valence-corrected chi connectivity index (χ0v) is 12.0. The van der Waals surface area contributed by atoms with Crippen LogP contribution in [0.25, 0.3) is 0 Å². The first kappa shape index (κ1) is 14.2. The third kappa shape index (κ3) is 2.71. The van der Waals surface area contributed by atoms with Gasteiger partial charge in [-0.25, -0.2) is 0 Å². The van der Waals surface area contributed by atoms with Crippen LogP contribution in [0.2, 0.25) is 0 Å². The molecule has 6 nitrogen and oxygen atoms in total. The number of carbonyl (C=O) groups excluding carboxylic acids is 4. The van der Waals surface area contributed by atoms with Gasteiger partial charge in [-0.15, -0.1) is 0 Å². The molecule has 0 aromatic carbocycles. The summed E-state index contributed by atoms with van der Waals surface area (Å²) >= 11 is 0. The minimum absolute atomic E-state index is 0.0220. The number of nitrogens with zero attached hydrogens (tertiary/aromatic N) is 2. The fourth-order valence-electron chi connectivity index (χ4n) is 3.67. The molecule has 3 rings (SSSR count). The van der Waals surface area contributed by atoms with Crippen LogP contribution in [0, 0.1) is 5.92 Å². The summed E-state index contributed by atoms with van der Waals surface area (Å²) in [6.07, 6.45) is 4.66. The zero-order chi connectivity index (χ0) is 15.0. The van der Waals surface area contributed by atoms with Crippen LogP contribution in [0.3, 0.4) is 0 Å². The second kappa shape index (κ2) is 5.58. The molecular weight excluding hydrogens is 272 g/mol. The quantitative estimate of drug-likeness (QED) is 0.723. The summed E-state index contributed by atoms with van der Waals surface area (Å²) in [5.74, 6) is 0.0841. The molecule has 1 aliphatic carbocycles. The molecule has 0 atom stereocenters. The van der Waals surface area contributed by atoms with Crippen molar-refractivity contribution in [2.75, 3.05) is 6.54 Å². The first-order chi connectivity index (χ1) is 10.1. The lowest BCUT2D eigenvalue weighted by molar-refractivity contribution is -0.142. The van der Waals surface area contributed by atoms with Gasteiger partial charge in [-0.2, -0.15) is 0 Å². The fourth-order valence-corrected chi connectivity index (χ4v) is 3.67. The minimum Gasteiger partial charge on any atom is -0.282 e. The molecule has 114 valence electrons. The van der Waals surface area contributed by atoms with Crippen LogP contribution in [0.1, 0.15) is 51.4 Å². The maximum Gasteiger partial charge on any atom is 0.229 e. The number of amides is 4.